The lowest BCUT2D eigenvalue weighted by atomic mass is 10.2. The van der Waals surface area contributed by atoms with Crippen molar-refractivity contribution in [2.45, 2.75) is 6.92 Å². The standard InChI is InChI=1S/C13H8BrFN2O/c1-8-4-10(14)7-17-13(8)18-12-3-2-9(6-16)5-11(12)15/h2-5,7H,1H3. The maximum Gasteiger partial charge on any atom is 0.222 e. The first-order chi connectivity index (χ1) is 8.60. The summed E-state index contributed by atoms with van der Waals surface area (Å²) in [4.78, 5) is 4.06. The number of ether oxygens (including phenoxy) is 1. The van der Waals surface area contributed by atoms with Gasteiger partial charge in [-0.3, -0.25) is 0 Å². The van der Waals surface area contributed by atoms with Gasteiger partial charge in [-0.05, 0) is 47.1 Å². The topological polar surface area (TPSA) is 45.9 Å². The van der Waals surface area contributed by atoms with Crippen LogP contribution in [0, 0.1) is 24.1 Å². The van der Waals surface area contributed by atoms with Crippen molar-refractivity contribution >= 4 is 15.9 Å². The van der Waals surface area contributed by atoms with Gasteiger partial charge in [-0.15, -0.1) is 0 Å². The number of aromatic nitrogens is 1. The Morgan fingerprint density at radius 3 is 2.78 bits per heavy atom. The summed E-state index contributed by atoms with van der Waals surface area (Å²) >= 11 is 3.29. The van der Waals surface area contributed by atoms with Gasteiger partial charge >= 0.3 is 0 Å². The van der Waals surface area contributed by atoms with Crippen molar-refractivity contribution in [1.29, 1.82) is 5.26 Å². The van der Waals surface area contributed by atoms with E-state index in [1.807, 2.05) is 19.1 Å². The molecule has 0 saturated heterocycles. The van der Waals surface area contributed by atoms with Crippen LogP contribution in [0.1, 0.15) is 11.1 Å². The summed E-state index contributed by atoms with van der Waals surface area (Å²) in [7, 11) is 0. The number of nitriles is 1. The fourth-order valence-electron chi connectivity index (χ4n) is 1.39. The van der Waals surface area contributed by atoms with Gasteiger partial charge in [-0.1, -0.05) is 0 Å². The maximum atomic E-state index is 13.6. The third-order valence-corrected chi connectivity index (χ3v) is 2.70. The van der Waals surface area contributed by atoms with E-state index in [4.69, 9.17) is 10.00 Å². The first-order valence-electron chi connectivity index (χ1n) is 5.10. The van der Waals surface area contributed by atoms with Crippen LogP contribution in [0.2, 0.25) is 0 Å². The molecule has 2 rings (SSSR count). The number of halogens is 2. The predicted octanol–water partition coefficient (Wildman–Crippen LogP) is 3.96. The number of hydrogen-bond acceptors (Lipinski definition) is 3. The van der Waals surface area contributed by atoms with E-state index >= 15 is 0 Å². The van der Waals surface area contributed by atoms with Crippen molar-refractivity contribution < 1.29 is 9.13 Å². The smallest absolute Gasteiger partial charge is 0.222 e. The van der Waals surface area contributed by atoms with Crippen LogP contribution in [0.3, 0.4) is 0 Å². The third-order valence-electron chi connectivity index (χ3n) is 2.26. The number of hydrogen-bond donors (Lipinski definition) is 0. The van der Waals surface area contributed by atoms with Crippen LogP contribution in [0.5, 0.6) is 11.6 Å². The van der Waals surface area contributed by atoms with E-state index in [9.17, 15) is 4.39 Å². The molecule has 2 aromatic rings. The third kappa shape index (κ3) is 2.66. The average molecular weight is 307 g/mol. The van der Waals surface area contributed by atoms with Crippen LogP contribution in [0.4, 0.5) is 4.39 Å². The van der Waals surface area contributed by atoms with E-state index in [2.05, 4.69) is 20.9 Å². The zero-order valence-electron chi connectivity index (χ0n) is 9.45. The molecule has 0 atom stereocenters. The van der Waals surface area contributed by atoms with Crippen molar-refractivity contribution in [3.63, 3.8) is 0 Å². The van der Waals surface area contributed by atoms with Crippen LogP contribution in [0.15, 0.2) is 34.9 Å². The van der Waals surface area contributed by atoms with Crippen molar-refractivity contribution in [3.8, 4) is 17.7 Å². The number of rotatable bonds is 2. The van der Waals surface area contributed by atoms with Crippen LogP contribution in [-0.4, -0.2) is 4.98 Å². The van der Waals surface area contributed by atoms with E-state index in [1.165, 1.54) is 12.1 Å². The lowest BCUT2D eigenvalue weighted by molar-refractivity contribution is 0.424. The molecular formula is C13H8BrFN2O. The Labute approximate surface area is 112 Å². The Kier molecular flexibility index (Phi) is 3.58. The Hall–Kier alpha value is -1.93. The molecule has 0 bridgehead atoms. The maximum absolute atomic E-state index is 13.6. The highest BCUT2D eigenvalue weighted by Crippen LogP contribution is 2.27. The van der Waals surface area contributed by atoms with Gasteiger partial charge in [-0.25, -0.2) is 9.37 Å². The van der Waals surface area contributed by atoms with Crippen molar-refractivity contribution in [2.24, 2.45) is 0 Å². The summed E-state index contributed by atoms with van der Waals surface area (Å²) in [5.41, 5.74) is 1.04. The molecule has 0 amide bonds. The fraction of sp³-hybridized carbons (Fsp3) is 0.0769. The first-order valence-corrected chi connectivity index (χ1v) is 5.89. The van der Waals surface area contributed by atoms with Gasteiger partial charge in [0.25, 0.3) is 0 Å². The second kappa shape index (κ2) is 5.15. The zero-order valence-corrected chi connectivity index (χ0v) is 11.0. The molecule has 0 unspecified atom stereocenters. The average Bonchev–Trinajstić information content (AvgIpc) is 2.34. The van der Waals surface area contributed by atoms with E-state index in [-0.39, 0.29) is 11.3 Å². The SMILES string of the molecule is Cc1cc(Br)cnc1Oc1ccc(C#N)cc1F. The minimum atomic E-state index is -0.585. The summed E-state index contributed by atoms with van der Waals surface area (Å²) in [6, 6.07) is 7.72. The quantitative estimate of drug-likeness (QED) is 0.843. The Bertz CT molecular complexity index is 637. The lowest BCUT2D eigenvalue weighted by Crippen LogP contribution is -1.94. The molecule has 5 heteroatoms. The molecule has 0 N–H and O–H groups in total. The number of nitrogens with zero attached hydrogens (tertiary/aromatic N) is 2. The van der Waals surface area contributed by atoms with Gasteiger partial charge in [0.1, 0.15) is 0 Å². The van der Waals surface area contributed by atoms with E-state index in [0.717, 1.165) is 16.1 Å². The second-order valence-electron chi connectivity index (χ2n) is 3.63. The molecule has 0 aliphatic carbocycles. The Morgan fingerprint density at radius 1 is 1.39 bits per heavy atom. The Balaban J connectivity index is 2.32. The molecule has 3 nitrogen and oxygen atoms in total. The monoisotopic (exact) mass is 306 g/mol. The molecule has 0 aliphatic rings. The molecular weight excluding hydrogens is 299 g/mol. The highest BCUT2D eigenvalue weighted by atomic mass is 79.9. The summed E-state index contributed by atoms with van der Waals surface area (Å²) < 4.78 is 19.8. The Morgan fingerprint density at radius 2 is 2.17 bits per heavy atom. The van der Waals surface area contributed by atoms with Crippen LogP contribution < -0.4 is 4.74 Å². The second-order valence-corrected chi connectivity index (χ2v) is 4.55. The molecule has 0 spiro atoms. The van der Waals surface area contributed by atoms with Crippen LogP contribution in [-0.2, 0) is 0 Å². The molecule has 0 aliphatic heterocycles. The van der Waals surface area contributed by atoms with Crippen LogP contribution in [0.25, 0.3) is 0 Å². The summed E-state index contributed by atoms with van der Waals surface area (Å²) in [6.07, 6.45) is 1.57. The largest absolute Gasteiger partial charge is 0.436 e. The lowest BCUT2D eigenvalue weighted by Gasteiger charge is -2.08. The van der Waals surface area contributed by atoms with E-state index < -0.39 is 5.82 Å². The number of aryl methyl sites for hydroxylation is 1. The van der Waals surface area contributed by atoms with Gasteiger partial charge in [0, 0.05) is 16.2 Å². The number of pyridine rings is 1. The zero-order chi connectivity index (χ0) is 13.1. The molecule has 18 heavy (non-hydrogen) atoms. The van der Waals surface area contributed by atoms with Gasteiger partial charge in [-0.2, -0.15) is 5.26 Å². The highest BCUT2D eigenvalue weighted by Gasteiger charge is 2.09. The number of benzene rings is 1. The van der Waals surface area contributed by atoms with Crippen LogP contribution >= 0.6 is 15.9 Å². The predicted molar refractivity (Wildman–Crippen MR) is 67.9 cm³/mol. The first kappa shape index (κ1) is 12.5. The van der Waals surface area contributed by atoms with Crippen molar-refractivity contribution in [2.75, 3.05) is 0 Å². The van der Waals surface area contributed by atoms with Gasteiger partial charge in [0.2, 0.25) is 5.88 Å². The molecule has 90 valence electrons. The molecule has 1 aromatic carbocycles. The van der Waals surface area contributed by atoms with E-state index in [1.54, 1.807) is 6.20 Å². The highest BCUT2D eigenvalue weighted by molar-refractivity contribution is 9.10. The van der Waals surface area contributed by atoms with Crippen molar-refractivity contribution in [1.82, 2.24) is 4.98 Å². The molecule has 0 fully saturated rings. The van der Waals surface area contributed by atoms with E-state index in [0.29, 0.717) is 5.88 Å². The molecule has 0 saturated carbocycles. The summed E-state index contributed by atoms with van der Waals surface area (Å²) in [6.45, 7) is 1.81. The van der Waals surface area contributed by atoms with Gasteiger partial charge < -0.3 is 4.74 Å². The normalized spacial score (nSPS) is 9.89. The minimum Gasteiger partial charge on any atom is -0.436 e. The van der Waals surface area contributed by atoms with Crippen molar-refractivity contribution in [3.05, 3.63) is 51.9 Å². The minimum absolute atomic E-state index is 0.0481. The summed E-state index contributed by atoms with van der Waals surface area (Å²) in [5, 5.41) is 8.64. The fourth-order valence-corrected chi connectivity index (χ4v) is 1.84. The molecule has 0 radical (unpaired) electrons. The molecule has 1 aromatic heterocycles. The van der Waals surface area contributed by atoms with Gasteiger partial charge in [0.05, 0.1) is 11.6 Å². The van der Waals surface area contributed by atoms with Gasteiger partial charge in [0.15, 0.2) is 11.6 Å². The summed E-state index contributed by atoms with van der Waals surface area (Å²) in [5.74, 6) is -0.202. The molecule has 1 heterocycles.